The SMILES string of the molecule is CCC1CCCC2(C(=O)OC)c3[nH]c4ccc(CO)cc4c3CCN(CC)C12. The summed E-state index contributed by atoms with van der Waals surface area (Å²) in [7, 11) is 1.52. The zero-order valence-corrected chi connectivity index (χ0v) is 17.3. The molecule has 4 rings (SSSR count). The van der Waals surface area contributed by atoms with Crippen LogP contribution in [0.1, 0.15) is 56.4 Å². The molecule has 0 radical (unpaired) electrons. The Morgan fingerprint density at radius 1 is 1.39 bits per heavy atom. The first-order chi connectivity index (χ1) is 13.6. The Kier molecular flexibility index (Phi) is 5.23. The second-order valence-electron chi connectivity index (χ2n) is 8.36. The van der Waals surface area contributed by atoms with Gasteiger partial charge in [-0.05, 0) is 55.0 Å². The average molecular weight is 385 g/mol. The number of aliphatic hydroxyl groups excluding tert-OH is 1. The highest BCUT2D eigenvalue weighted by molar-refractivity contribution is 5.91. The summed E-state index contributed by atoms with van der Waals surface area (Å²) in [5.74, 6) is 0.379. The molecule has 1 fully saturated rings. The van der Waals surface area contributed by atoms with Gasteiger partial charge >= 0.3 is 5.97 Å². The van der Waals surface area contributed by atoms with E-state index in [2.05, 4.69) is 29.8 Å². The van der Waals surface area contributed by atoms with E-state index in [-0.39, 0.29) is 18.6 Å². The number of aromatic amines is 1. The molecule has 1 aliphatic carbocycles. The quantitative estimate of drug-likeness (QED) is 0.792. The van der Waals surface area contributed by atoms with Gasteiger partial charge in [-0.15, -0.1) is 0 Å². The standard InChI is InChI=1S/C23H32N2O3/c1-4-16-7-6-11-23(22(27)28-3)20-17(10-12-25(5-2)21(16)23)18-13-15(14-26)8-9-19(18)24-20/h8-9,13,16,21,24,26H,4-7,10-12,14H2,1-3H3. The van der Waals surface area contributed by atoms with Crippen LogP contribution < -0.4 is 0 Å². The summed E-state index contributed by atoms with van der Waals surface area (Å²) in [5.41, 5.74) is 3.60. The lowest BCUT2D eigenvalue weighted by Crippen LogP contribution is -2.60. The number of ether oxygens (including phenoxy) is 1. The van der Waals surface area contributed by atoms with Gasteiger partial charge < -0.3 is 14.8 Å². The lowest BCUT2D eigenvalue weighted by atomic mass is 9.62. The number of H-pyrrole nitrogens is 1. The number of fused-ring (bicyclic) bond motifs is 5. The smallest absolute Gasteiger partial charge is 0.319 e. The minimum atomic E-state index is -0.645. The summed E-state index contributed by atoms with van der Waals surface area (Å²) < 4.78 is 5.46. The molecule has 1 aliphatic heterocycles. The molecule has 5 heteroatoms. The van der Waals surface area contributed by atoms with E-state index >= 15 is 0 Å². The number of carbonyl (C=O) groups is 1. The first-order valence-corrected chi connectivity index (χ1v) is 10.7. The third kappa shape index (κ3) is 2.71. The van der Waals surface area contributed by atoms with E-state index < -0.39 is 5.41 Å². The van der Waals surface area contributed by atoms with Crippen molar-refractivity contribution in [3.63, 3.8) is 0 Å². The number of carbonyl (C=O) groups excluding carboxylic acids is 1. The fraction of sp³-hybridized carbons (Fsp3) is 0.609. The minimum Gasteiger partial charge on any atom is -0.468 e. The lowest BCUT2D eigenvalue weighted by Gasteiger charge is -2.49. The maximum absolute atomic E-state index is 13.5. The number of nitrogens with zero attached hydrogens (tertiary/aromatic N) is 1. The Labute approximate surface area is 167 Å². The van der Waals surface area contributed by atoms with Gasteiger partial charge in [-0.2, -0.15) is 0 Å². The van der Waals surface area contributed by atoms with Gasteiger partial charge in [-0.3, -0.25) is 9.69 Å². The van der Waals surface area contributed by atoms with E-state index in [0.29, 0.717) is 5.92 Å². The molecule has 1 aromatic heterocycles. The molecule has 28 heavy (non-hydrogen) atoms. The van der Waals surface area contributed by atoms with Crippen LogP contribution in [0.4, 0.5) is 0 Å². The van der Waals surface area contributed by atoms with E-state index in [1.165, 1.54) is 19.1 Å². The summed E-state index contributed by atoms with van der Waals surface area (Å²) in [6.45, 7) is 6.35. The van der Waals surface area contributed by atoms with Crippen LogP contribution in [0.25, 0.3) is 10.9 Å². The van der Waals surface area contributed by atoms with E-state index in [9.17, 15) is 9.90 Å². The number of rotatable bonds is 4. The predicted molar refractivity (Wildman–Crippen MR) is 110 cm³/mol. The molecule has 2 aromatic rings. The van der Waals surface area contributed by atoms with Crippen LogP contribution in [0.5, 0.6) is 0 Å². The molecule has 2 heterocycles. The fourth-order valence-electron chi connectivity index (χ4n) is 5.95. The van der Waals surface area contributed by atoms with Crippen LogP contribution in [-0.2, 0) is 28.0 Å². The second-order valence-corrected chi connectivity index (χ2v) is 8.36. The minimum absolute atomic E-state index is 0.0274. The van der Waals surface area contributed by atoms with Gasteiger partial charge in [-0.1, -0.05) is 32.8 Å². The summed E-state index contributed by atoms with van der Waals surface area (Å²) in [6.07, 6.45) is 5.01. The molecule has 5 nitrogen and oxygen atoms in total. The molecular weight excluding hydrogens is 352 g/mol. The summed E-state index contributed by atoms with van der Waals surface area (Å²) in [4.78, 5) is 19.6. The van der Waals surface area contributed by atoms with Gasteiger partial charge in [0.15, 0.2) is 0 Å². The Hall–Kier alpha value is -1.85. The largest absolute Gasteiger partial charge is 0.468 e. The zero-order chi connectivity index (χ0) is 19.9. The molecule has 152 valence electrons. The van der Waals surface area contributed by atoms with Crippen molar-refractivity contribution >= 4 is 16.9 Å². The van der Waals surface area contributed by atoms with Crippen LogP contribution in [-0.4, -0.2) is 47.2 Å². The molecule has 0 amide bonds. The normalized spacial score (nSPS) is 27.9. The predicted octanol–water partition coefficient (Wildman–Crippen LogP) is 3.53. The maximum Gasteiger partial charge on any atom is 0.319 e. The van der Waals surface area contributed by atoms with E-state index in [1.807, 2.05) is 12.1 Å². The molecule has 3 unspecified atom stereocenters. The van der Waals surface area contributed by atoms with Gasteiger partial charge in [0.2, 0.25) is 0 Å². The topological polar surface area (TPSA) is 65.6 Å². The summed E-state index contributed by atoms with van der Waals surface area (Å²) in [5, 5.41) is 10.8. The lowest BCUT2D eigenvalue weighted by molar-refractivity contribution is -0.154. The van der Waals surface area contributed by atoms with Crippen molar-refractivity contribution in [3.8, 4) is 0 Å². The summed E-state index contributed by atoms with van der Waals surface area (Å²) in [6, 6.07) is 6.23. The number of likely N-dealkylation sites (N-methyl/N-ethyl adjacent to an activating group) is 1. The van der Waals surface area contributed by atoms with Gasteiger partial charge in [0, 0.05) is 29.2 Å². The molecule has 1 saturated carbocycles. The molecule has 1 aromatic carbocycles. The van der Waals surface area contributed by atoms with Crippen molar-refractivity contribution in [3.05, 3.63) is 35.0 Å². The van der Waals surface area contributed by atoms with Gasteiger partial charge in [0.05, 0.1) is 13.7 Å². The van der Waals surface area contributed by atoms with Crippen molar-refractivity contribution in [2.24, 2.45) is 5.92 Å². The second kappa shape index (κ2) is 7.53. The van der Waals surface area contributed by atoms with E-state index in [1.54, 1.807) is 0 Å². The highest BCUT2D eigenvalue weighted by Gasteiger charge is 2.57. The Morgan fingerprint density at radius 3 is 2.89 bits per heavy atom. The van der Waals surface area contributed by atoms with Crippen molar-refractivity contribution < 1.29 is 14.6 Å². The van der Waals surface area contributed by atoms with Crippen LogP contribution in [0.2, 0.25) is 0 Å². The van der Waals surface area contributed by atoms with E-state index in [0.717, 1.165) is 60.9 Å². The molecule has 2 N–H and O–H groups in total. The first-order valence-electron chi connectivity index (χ1n) is 10.7. The maximum atomic E-state index is 13.5. The van der Waals surface area contributed by atoms with Crippen LogP contribution in [0.15, 0.2) is 18.2 Å². The molecule has 0 spiro atoms. The van der Waals surface area contributed by atoms with E-state index in [4.69, 9.17) is 4.74 Å². The molecule has 3 atom stereocenters. The highest BCUT2D eigenvalue weighted by atomic mass is 16.5. The van der Waals surface area contributed by atoms with Crippen LogP contribution in [0.3, 0.4) is 0 Å². The summed E-state index contributed by atoms with van der Waals surface area (Å²) >= 11 is 0. The molecule has 0 bridgehead atoms. The number of hydrogen-bond donors (Lipinski definition) is 2. The third-order valence-electron chi connectivity index (χ3n) is 7.22. The first kappa shape index (κ1) is 19.5. The number of aliphatic hydroxyl groups is 1. The van der Waals surface area contributed by atoms with Gasteiger partial charge in [0.1, 0.15) is 5.41 Å². The number of esters is 1. The van der Waals surface area contributed by atoms with Gasteiger partial charge in [0.25, 0.3) is 0 Å². The Morgan fingerprint density at radius 2 is 2.21 bits per heavy atom. The fourth-order valence-corrected chi connectivity index (χ4v) is 5.95. The van der Waals surface area contributed by atoms with Crippen molar-refractivity contribution in [1.82, 2.24) is 9.88 Å². The molecular formula is C23H32N2O3. The number of hydrogen-bond acceptors (Lipinski definition) is 4. The zero-order valence-electron chi connectivity index (χ0n) is 17.3. The Bertz CT molecular complexity index is 874. The number of aromatic nitrogens is 1. The van der Waals surface area contributed by atoms with Crippen molar-refractivity contribution in [2.75, 3.05) is 20.2 Å². The molecule has 2 aliphatic rings. The number of methoxy groups -OCH3 is 1. The highest BCUT2D eigenvalue weighted by Crippen LogP contribution is 2.50. The van der Waals surface area contributed by atoms with Crippen molar-refractivity contribution in [2.45, 2.75) is 64.0 Å². The average Bonchev–Trinajstić information content (AvgIpc) is 3.04. The Balaban J connectivity index is 2.00. The monoisotopic (exact) mass is 384 g/mol. The number of nitrogens with one attached hydrogen (secondary N) is 1. The van der Waals surface area contributed by atoms with Crippen LogP contribution in [0, 0.1) is 5.92 Å². The van der Waals surface area contributed by atoms with Gasteiger partial charge in [-0.25, -0.2) is 0 Å². The third-order valence-corrected chi connectivity index (χ3v) is 7.22. The molecule has 0 saturated heterocycles. The van der Waals surface area contributed by atoms with Crippen molar-refractivity contribution in [1.29, 1.82) is 0 Å². The number of benzene rings is 1. The van der Waals surface area contributed by atoms with Crippen LogP contribution >= 0.6 is 0 Å².